The van der Waals surface area contributed by atoms with E-state index in [2.05, 4.69) is 20.7 Å². The third-order valence-corrected chi connectivity index (χ3v) is 4.01. The highest BCUT2D eigenvalue weighted by Gasteiger charge is 2.26. The molecule has 3 N–H and O–H groups in total. The Hall–Kier alpha value is -2.97. The van der Waals surface area contributed by atoms with E-state index in [4.69, 9.17) is 5.73 Å². The number of anilines is 1. The maximum absolute atomic E-state index is 12.3. The Labute approximate surface area is 138 Å². The first-order valence-corrected chi connectivity index (χ1v) is 7.72. The van der Waals surface area contributed by atoms with Crippen LogP contribution in [0.2, 0.25) is 0 Å². The van der Waals surface area contributed by atoms with Gasteiger partial charge in [0.25, 0.3) is 0 Å². The summed E-state index contributed by atoms with van der Waals surface area (Å²) in [6.07, 6.45) is 1.51. The molecule has 0 aliphatic carbocycles. The van der Waals surface area contributed by atoms with Crippen molar-refractivity contribution in [2.75, 3.05) is 18.4 Å². The second-order valence-corrected chi connectivity index (χ2v) is 5.80. The summed E-state index contributed by atoms with van der Waals surface area (Å²) in [6.45, 7) is 0.986. The number of hydrogen-bond acceptors (Lipinski definition) is 5. The Bertz CT molecular complexity index is 741. The fourth-order valence-electron chi connectivity index (χ4n) is 2.70. The summed E-state index contributed by atoms with van der Waals surface area (Å²) in [5, 5.41) is 14.7. The van der Waals surface area contributed by atoms with Gasteiger partial charge in [0, 0.05) is 24.3 Å². The zero-order valence-electron chi connectivity index (χ0n) is 13.3. The van der Waals surface area contributed by atoms with Crippen molar-refractivity contribution in [1.29, 1.82) is 0 Å². The number of rotatable bonds is 3. The number of primary amides is 1. The summed E-state index contributed by atoms with van der Waals surface area (Å²) >= 11 is 0. The maximum Gasteiger partial charge on any atom is 0.321 e. The van der Waals surface area contributed by atoms with Crippen molar-refractivity contribution in [3.63, 3.8) is 0 Å². The second kappa shape index (κ2) is 6.65. The van der Waals surface area contributed by atoms with Gasteiger partial charge in [0.1, 0.15) is 0 Å². The number of hydrogen-bond donors (Lipinski definition) is 2. The predicted molar refractivity (Wildman–Crippen MR) is 86.7 cm³/mol. The van der Waals surface area contributed by atoms with Gasteiger partial charge in [-0.1, -0.05) is 0 Å². The van der Waals surface area contributed by atoms with Gasteiger partial charge >= 0.3 is 6.03 Å². The SMILES string of the molecule is Cn1nnc(-c2ccc(NC(=O)N3CCCC(C(N)=O)C3)cc2)n1. The number of carbonyl (C=O) groups excluding carboxylic acids is 2. The van der Waals surface area contributed by atoms with Crippen LogP contribution in [-0.2, 0) is 11.8 Å². The highest BCUT2D eigenvalue weighted by molar-refractivity contribution is 5.90. The molecule has 1 aromatic heterocycles. The molecule has 1 fully saturated rings. The van der Waals surface area contributed by atoms with Crippen LogP contribution >= 0.6 is 0 Å². The molecule has 2 heterocycles. The summed E-state index contributed by atoms with van der Waals surface area (Å²) < 4.78 is 0. The van der Waals surface area contributed by atoms with Crippen molar-refractivity contribution in [3.8, 4) is 11.4 Å². The number of urea groups is 1. The first-order chi connectivity index (χ1) is 11.5. The molecule has 9 nitrogen and oxygen atoms in total. The molecule has 2 aromatic rings. The average Bonchev–Trinajstić information content (AvgIpc) is 3.02. The van der Waals surface area contributed by atoms with Gasteiger partial charge in [-0.25, -0.2) is 4.79 Å². The first kappa shape index (κ1) is 15.9. The van der Waals surface area contributed by atoms with E-state index >= 15 is 0 Å². The normalized spacial score (nSPS) is 17.5. The number of aryl methyl sites for hydroxylation is 1. The summed E-state index contributed by atoms with van der Waals surface area (Å²) in [4.78, 5) is 26.6. The molecule has 1 saturated heterocycles. The first-order valence-electron chi connectivity index (χ1n) is 7.72. The van der Waals surface area contributed by atoms with Crippen LogP contribution in [0.3, 0.4) is 0 Å². The summed E-state index contributed by atoms with van der Waals surface area (Å²) in [6, 6.07) is 6.95. The number of nitrogens with zero attached hydrogens (tertiary/aromatic N) is 5. The lowest BCUT2D eigenvalue weighted by atomic mass is 9.98. The number of aromatic nitrogens is 4. The van der Waals surface area contributed by atoms with E-state index in [1.54, 1.807) is 24.1 Å². The molecule has 1 aliphatic rings. The highest BCUT2D eigenvalue weighted by Crippen LogP contribution is 2.19. The molecule has 126 valence electrons. The van der Waals surface area contributed by atoms with Crippen LogP contribution in [0.4, 0.5) is 10.5 Å². The number of tetrazole rings is 1. The number of likely N-dealkylation sites (tertiary alicyclic amines) is 1. The van der Waals surface area contributed by atoms with Crippen molar-refractivity contribution in [1.82, 2.24) is 25.1 Å². The molecule has 1 atom stereocenters. The molecule has 1 aromatic carbocycles. The minimum Gasteiger partial charge on any atom is -0.369 e. The van der Waals surface area contributed by atoms with Crippen LogP contribution in [0.1, 0.15) is 12.8 Å². The Kier molecular flexibility index (Phi) is 4.41. The largest absolute Gasteiger partial charge is 0.369 e. The molecule has 0 radical (unpaired) electrons. The van der Waals surface area contributed by atoms with Gasteiger partial charge in [-0.05, 0) is 42.3 Å². The quantitative estimate of drug-likeness (QED) is 0.855. The Morgan fingerprint density at radius 1 is 1.29 bits per heavy atom. The maximum atomic E-state index is 12.3. The van der Waals surface area contributed by atoms with Gasteiger partial charge < -0.3 is 16.0 Å². The van der Waals surface area contributed by atoms with Crippen LogP contribution in [0, 0.1) is 5.92 Å². The van der Waals surface area contributed by atoms with Gasteiger partial charge in [0.2, 0.25) is 11.7 Å². The van der Waals surface area contributed by atoms with Crippen molar-refractivity contribution in [2.24, 2.45) is 18.7 Å². The minimum atomic E-state index is -0.353. The predicted octanol–water partition coefficient (Wildman–Crippen LogP) is 0.606. The molecule has 3 amide bonds. The standard InChI is InChI=1S/C15H19N7O2/c1-21-19-14(18-20-21)10-4-6-12(7-5-10)17-15(24)22-8-2-3-11(9-22)13(16)23/h4-7,11H,2-3,8-9H2,1H3,(H2,16,23)(H,17,24). The number of benzene rings is 1. The molecular weight excluding hydrogens is 310 g/mol. The molecule has 1 aliphatic heterocycles. The van der Waals surface area contributed by atoms with Crippen LogP contribution < -0.4 is 11.1 Å². The molecular formula is C15H19N7O2. The smallest absolute Gasteiger partial charge is 0.321 e. The molecule has 0 saturated carbocycles. The highest BCUT2D eigenvalue weighted by atomic mass is 16.2. The van der Waals surface area contributed by atoms with E-state index in [-0.39, 0.29) is 17.9 Å². The van der Waals surface area contributed by atoms with Gasteiger partial charge in [-0.15, -0.1) is 10.2 Å². The molecule has 9 heteroatoms. The van der Waals surface area contributed by atoms with E-state index in [9.17, 15) is 9.59 Å². The monoisotopic (exact) mass is 329 g/mol. The van der Waals surface area contributed by atoms with Gasteiger partial charge in [-0.2, -0.15) is 4.80 Å². The third kappa shape index (κ3) is 3.50. The molecule has 0 bridgehead atoms. The van der Waals surface area contributed by atoms with Crippen molar-refractivity contribution < 1.29 is 9.59 Å². The van der Waals surface area contributed by atoms with Gasteiger partial charge in [0.15, 0.2) is 0 Å². The number of nitrogens with one attached hydrogen (secondary N) is 1. The van der Waals surface area contributed by atoms with Gasteiger partial charge in [-0.3, -0.25) is 4.79 Å². The van der Waals surface area contributed by atoms with E-state index in [0.29, 0.717) is 24.6 Å². The lowest BCUT2D eigenvalue weighted by Crippen LogP contribution is -2.45. The Balaban J connectivity index is 1.63. The Morgan fingerprint density at radius 2 is 2.04 bits per heavy atom. The summed E-state index contributed by atoms with van der Waals surface area (Å²) in [5.74, 6) is -0.0985. The fraction of sp³-hybridized carbons (Fsp3) is 0.400. The third-order valence-electron chi connectivity index (χ3n) is 4.01. The molecule has 1 unspecified atom stereocenters. The summed E-state index contributed by atoms with van der Waals surface area (Å²) in [5.41, 5.74) is 6.81. The number of carbonyl (C=O) groups is 2. The van der Waals surface area contributed by atoms with Crippen molar-refractivity contribution >= 4 is 17.6 Å². The van der Waals surface area contributed by atoms with Crippen LogP contribution in [0.5, 0.6) is 0 Å². The van der Waals surface area contributed by atoms with E-state index in [0.717, 1.165) is 18.4 Å². The topological polar surface area (TPSA) is 119 Å². The molecule has 24 heavy (non-hydrogen) atoms. The van der Waals surface area contributed by atoms with E-state index < -0.39 is 0 Å². The van der Waals surface area contributed by atoms with Crippen molar-refractivity contribution in [3.05, 3.63) is 24.3 Å². The fourth-order valence-corrected chi connectivity index (χ4v) is 2.70. The average molecular weight is 329 g/mol. The zero-order valence-corrected chi connectivity index (χ0v) is 13.3. The lowest BCUT2D eigenvalue weighted by molar-refractivity contribution is -0.123. The van der Waals surface area contributed by atoms with Crippen molar-refractivity contribution in [2.45, 2.75) is 12.8 Å². The Morgan fingerprint density at radius 3 is 2.67 bits per heavy atom. The molecule has 0 spiro atoms. The summed E-state index contributed by atoms with van der Waals surface area (Å²) in [7, 11) is 1.70. The number of amides is 3. The van der Waals surface area contributed by atoms with Gasteiger partial charge in [0.05, 0.1) is 13.0 Å². The van der Waals surface area contributed by atoms with E-state index in [1.807, 2.05) is 12.1 Å². The van der Waals surface area contributed by atoms with Crippen LogP contribution in [-0.4, -0.2) is 50.1 Å². The number of nitrogens with two attached hydrogens (primary N) is 1. The number of piperidine rings is 1. The minimum absolute atomic E-state index is 0.230. The van der Waals surface area contributed by atoms with Crippen LogP contribution in [0.15, 0.2) is 24.3 Å². The van der Waals surface area contributed by atoms with Crippen LogP contribution in [0.25, 0.3) is 11.4 Å². The molecule has 3 rings (SSSR count). The lowest BCUT2D eigenvalue weighted by Gasteiger charge is -2.31. The second-order valence-electron chi connectivity index (χ2n) is 5.80. The zero-order chi connectivity index (χ0) is 17.1. The van der Waals surface area contributed by atoms with E-state index in [1.165, 1.54) is 4.80 Å².